The smallest absolute Gasteiger partial charge is 0.246 e. The molecule has 1 heterocycles. The molecule has 0 fully saturated rings. The Hall–Kier alpha value is -1.45. The summed E-state index contributed by atoms with van der Waals surface area (Å²) in [6, 6.07) is 0.263. The summed E-state index contributed by atoms with van der Waals surface area (Å²) in [5, 5.41) is 3.15. The SMILES string of the molecule is C#CCNC(CCCC)Cc1cnc(S(C)(=O)=O)nc1. The van der Waals surface area contributed by atoms with Crippen molar-refractivity contribution in [3.8, 4) is 12.3 Å². The molecule has 1 rings (SSSR count). The summed E-state index contributed by atoms with van der Waals surface area (Å²) in [4.78, 5) is 7.79. The molecule has 0 bridgehead atoms. The van der Waals surface area contributed by atoms with E-state index in [-0.39, 0.29) is 11.2 Å². The number of terminal acetylenes is 1. The van der Waals surface area contributed by atoms with Crippen LogP contribution in [0.5, 0.6) is 0 Å². The van der Waals surface area contributed by atoms with Gasteiger partial charge in [-0.3, -0.25) is 0 Å². The fourth-order valence-corrected chi connectivity index (χ4v) is 2.34. The molecule has 1 unspecified atom stereocenters. The average molecular weight is 295 g/mol. The van der Waals surface area contributed by atoms with Gasteiger partial charge in [-0.15, -0.1) is 6.42 Å². The first-order valence-corrected chi connectivity index (χ1v) is 8.54. The van der Waals surface area contributed by atoms with Gasteiger partial charge >= 0.3 is 0 Å². The Balaban J connectivity index is 2.70. The third kappa shape index (κ3) is 5.68. The van der Waals surface area contributed by atoms with Gasteiger partial charge in [0.25, 0.3) is 0 Å². The van der Waals surface area contributed by atoms with Crippen LogP contribution in [-0.4, -0.2) is 37.2 Å². The van der Waals surface area contributed by atoms with Crippen LogP contribution in [0.2, 0.25) is 0 Å². The van der Waals surface area contributed by atoms with Crippen molar-refractivity contribution in [3.05, 3.63) is 18.0 Å². The van der Waals surface area contributed by atoms with Crippen LogP contribution >= 0.6 is 0 Å². The van der Waals surface area contributed by atoms with Crippen LogP contribution in [0.25, 0.3) is 0 Å². The summed E-state index contributed by atoms with van der Waals surface area (Å²) in [6.45, 7) is 2.67. The summed E-state index contributed by atoms with van der Waals surface area (Å²) in [6.07, 6.45) is 13.5. The van der Waals surface area contributed by atoms with Gasteiger partial charge in [0.1, 0.15) is 0 Å². The third-order valence-corrected chi connectivity index (χ3v) is 3.77. The van der Waals surface area contributed by atoms with Crippen molar-refractivity contribution in [1.29, 1.82) is 0 Å². The molecular formula is C14H21N3O2S. The normalized spacial score (nSPS) is 12.8. The number of hydrogen-bond donors (Lipinski definition) is 1. The van der Waals surface area contributed by atoms with E-state index in [1.165, 1.54) is 0 Å². The van der Waals surface area contributed by atoms with Crippen molar-refractivity contribution in [3.63, 3.8) is 0 Å². The van der Waals surface area contributed by atoms with Gasteiger partial charge in [-0.2, -0.15) is 0 Å². The van der Waals surface area contributed by atoms with Gasteiger partial charge in [-0.05, 0) is 18.4 Å². The maximum absolute atomic E-state index is 11.3. The van der Waals surface area contributed by atoms with Crippen molar-refractivity contribution < 1.29 is 8.42 Å². The van der Waals surface area contributed by atoms with Crippen LogP contribution in [-0.2, 0) is 16.3 Å². The van der Waals surface area contributed by atoms with E-state index in [0.29, 0.717) is 6.54 Å². The van der Waals surface area contributed by atoms with E-state index in [9.17, 15) is 8.42 Å². The highest BCUT2D eigenvalue weighted by molar-refractivity contribution is 7.90. The Labute approximate surface area is 121 Å². The first-order chi connectivity index (χ1) is 9.47. The topological polar surface area (TPSA) is 72.0 Å². The molecule has 5 nitrogen and oxygen atoms in total. The summed E-state index contributed by atoms with van der Waals surface area (Å²) >= 11 is 0. The maximum Gasteiger partial charge on any atom is 0.246 e. The molecule has 0 amide bonds. The highest BCUT2D eigenvalue weighted by Gasteiger charge is 2.12. The second-order valence-electron chi connectivity index (χ2n) is 4.77. The van der Waals surface area contributed by atoms with Gasteiger partial charge in [0, 0.05) is 24.7 Å². The van der Waals surface area contributed by atoms with Crippen LogP contribution in [0.4, 0.5) is 0 Å². The predicted molar refractivity (Wildman–Crippen MR) is 79.0 cm³/mol. The molecule has 0 saturated carbocycles. The van der Waals surface area contributed by atoms with Gasteiger partial charge in [0.2, 0.25) is 15.0 Å². The Morgan fingerprint density at radius 1 is 1.40 bits per heavy atom. The third-order valence-electron chi connectivity index (χ3n) is 2.89. The van der Waals surface area contributed by atoms with Gasteiger partial charge in [-0.1, -0.05) is 25.7 Å². The summed E-state index contributed by atoms with van der Waals surface area (Å²) < 4.78 is 22.6. The predicted octanol–water partition coefficient (Wildman–Crippen LogP) is 1.20. The fraction of sp³-hybridized carbons (Fsp3) is 0.571. The van der Waals surface area contributed by atoms with E-state index >= 15 is 0 Å². The molecule has 1 N–H and O–H groups in total. The highest BCUT2D eigenvalue weighted by Crippen LogP contribution is 2.09. The van der Waals surface area contributed by atoms with Crippen LogP contribution < -0.4 is 5.32 Å². The van der Waals surface area contributed by atoms with Gasteiger partial charge in [0.15, 0.2) is 0 Å². The number of nitrogens with zero attached hydrogens (tertiary/aromatic N) is 2. The molecule has 1 atom stereocenters. The summed E-state index contributed by atoms with van der Waals surface area (Å²) in [5.74, 6) is 2.57. The number of nitrogens with one attached hydrogen (secondary N) is 1. The second-order valence-corrected chi connectivity index (χ2v) is 6.68. The summed E-state index contributed by atoms with van der Waals surface area (Å²) in [5.41, 5.74) is 0.906. The Bertz CT molecular complexity index is 547. The van der Waals surface area contributed by atoms with Crippen LogP contribution in [0.1, 0.15) is 31.7 Å². The number of unbranched alkanes of at least 4 members (excludes halogenated alkanes) is 1. The quantitative estimate of drug-likeness (QED) is 0.576. The molecule has 1 aromatic heterocycles. The molecule has 6 heteroatoms. The molecule has 0 aromatic carbocycles. The van der Waals surface area contributed by atoms with E-state index in [2.05, 4.69) is 28.1 Å². The molecule has 0 aliphatic rings. The second kappa shape index (κ2) is 7.98. The van der Waals surface area contributed by atoms with E-state index in [1.807, 2.05) is 0 Å². The van der Waals surface area contributed by atoms with Gasteiger partial charge in [0.05, 0.1) is 6.54 Å². The van der Waals surface area contributed by atoms with Gasteiger partial charge in [-0.25, -0.2) is 18.4 Å². The molecule has 1 aromatic rings. The van der Waals surface area contributed by atoms with Crippen LogP contribution in [0, 0.1) is 12.3 Å². The Morgan fingerprint density at radius 3 is 2.55 bits per heavy atom. The lowest BCUT2D eigenvalue weighted by atomic mass is 10.0. The molecule has 0 radical (unpaired) electrons. The van der Waals surface area contributed by atoms with Crippen LogP contribution in [0.3, 0.4) is 0 Å². The number of aromatic nitrogens is 2. The molecule has 20 heavy (non-hydrogen) atoms. The monoisotopic (exact) mass is 295 g/mol. The molecular weight excluding hydrogens is 274 g/mol. The van der Waals surface area contributed by atoms with Gasteiger partial charge < -0.3 is 5.32 Å². The zero-order valence-corrected chi connectivity index (χ0v) is 12.8. The molecule has 0 spiro atoms. The average Bonchev–Trinajstić information content (AvgIpc) is 2.41. The molecule has 0 saturated heterocycles. The first kappa shape index (κ1) is 16.6. The fourth-order valence-electron chi connectivity index (χ4n) is 1.85. The Morgan fingerprint density at radius 2 is 2.05 bits per heavy atom. The van der Waals surface area contributed by atoms with E-state index < -0.39 is 9.84 Å². The molecule has 0 aliphatic heterocycles. The van der Waals surface area contributed by atoms with Crippen molar-refractivity contribution in [2.24, 2.45) is 0 Å². The number of rotatable bonds is 8. The number of sulfone groups is 1. The van der Waals surface area contributed by atoms with E-state index in [4.69, 9.17) is 6.42 Å². The molecule has 0 aliphatic carbocycles. The minimum Gasteiger partial charge on any atom is -0.303 e. The van der Waals surface area contributed by atoms with E-state index in [0.717, 1.165) is 37.5 Å². The van der Waals surface area contributed by atoms with Crippen molar-refractivity contribution in [1.82, 2.24) is 15.3 Å². The zero-order chi connectivity index (χ0) is 15.0. The zero-order valence-electron chi connectivity index (χ0n) is 12.0. The largest absolute Gasteiger partial charge is 0.303 e. The van der Waals surface area contributed by atoms with Crippen molar-refractivity contribution in [2.75, 3.05) is 12.8 Å². The minimum absolute atomic E-state index is 0.136. The van der Waals surface area contributed by atoms with Crippen molar-refractivity contribution >= 4 is 9.84 Å². The summed E-state index contributed by atoms with van der Waals surface area (Å²) in [7, 11) is -3.34. The lowest BCUT2D eigenvalue weighted by Crippen LogP contribution is -2.31. The Kier molecular flexibility index (Phi) is 6.62. The lowest BCUT2D eigenvalue weighted by molar-refractivity contribution is 0.483. The van der Waals surface area contributed by atoms with E-state index in [1.54, 1.807) is 12.4 Å². The van der Waals surface area contributed by atoms with Crippen molar-refractivity contribution in [2.45, 2.75) is 43.8 Å². The lowest BCUT2D eigenvalue weighted by Gasteiger charge is -2.16. The minimum atomic E-state index is -3.34. The standard InChI is InChI=1S/C14H21N3O2S/c1-4-6-7-13(15-8-5-2)9-12-10-16-14(17-11-12)20(3,18)19/h2,10-11,13,15H,4,6-9H2,1,3H3. The first-order valence-electron chi connectivity index (χ1n) is 6.65. The highest BCUT2D eigenvalue weighted by atomic mass is 32.2. The molecule has 110 valence electrons. The van der Waals surface area contributed by atoms with Crippen LogP contribution in [0.15, 0.2) is 17.6 Å². The maximum atomic E-state index is 11.3. The number of hydrogen-bond acceptors (Lipinski definition) is 5.